The zero-order chi connectivity index (χ0) is 25.8. The quantitative estimate of drug-likeness (QED) is 0.474. The molecule has 1 amide bonds. The number of fused-ring (bicyclic) bond motifs is 2. The molecule has 1 fully saturated rings. The summed E-state index contributed by atoms with van der Waals surface area (Å²) >= 11 is 0. The molecule has 2 aromatic heterocycles. The average Bonchev–Trinajstić information content (AvgIpc) is 3.14. The Balaban J connectivity index is 1.26. The van der Waals surface area contributed by atoms with E-state index in [9.17, 15) is 14.0 Å². The van der Waals surface area contributed by atoms with E-state index in [2.05, 4.69) is 15.6 Å². The summed E-state index contributed by atoms with van der Waals surface area (Å²) in [4.78, 5) is 30.1. The molecule has 1 aromatic carbocycles. The van der Waals surface area contributed by atoms with E-state index in [-0.39, 0.29) is 17.3 Å². The maximum Gasteiger partial charge on any atom is 0.251 e. The van der Waals surface area contributed by atoms with Gasteiger partial charge in [0.2, 0.25) is 5.91 Å². The van der Waals surface area contributed by atoms with E-state index in [1.807, 2.05) is 6.07 Å². The fourth-order valence-corrected chi connectivity index (χ4v) is 5.57. The van der Waals surface area contributed by atoms with Gasteiger partial charge in [0.05, 0.1) is 22.9 Å². The van der Waals surface area contributed by atoms with Crippen LogP contribution in [0.2, 0.25) is 0 Å². The Morgan fingerprint density at radius 1 is 1.14 bits per heavy atom. The summed E-state index contributed by atoms with van der Waals surface area (Å²) in [5.74, 6) is 1.30. The zero-order valence-corrected chi connectivity index (χ0v) is 21.1. The molecule has 1 saturated carbocycles. The maximum atomic E-state index is 13.9. The second-order valence-corrected chi connectivity index (χ2v) is 9.95. The molecule has 0 radical (unpaired) electrons. The van der Waals surface area contributed by atoms with Gasteiger partial charge in [0, 0.05) is 32.3 Å². The van der Waals surface area contributed by atoms with Gasteiger partial charge in [0.25, 0.3) is 5.56 Å². The van der Waals surface area contributed by atoms with Crippen LogP contribution in [0, 0.1) is 11.7 Å². The van der Waals surface area contributed by atoms with Gasteiger partial charge in [-0.25, -0.2) is 4.39 Å². The van der Waals surface area contributed by atoms with Crippen molar-refractivity contribution in [1.29, 1.82) is 0 Å². The third-order valence-corrected chi connectivity index (χ3v) is 7.67. The number of carbonyl (C=O) groups excluding carboxylic acids is 1. The largest absolute Gasteiger partial charge is 0.486 e. The monoisotopic (exact) mass is 508 g/mol. The van der Waals surface area contributed by atoms with Crippen LogP contribution in [0.5, 0.6) is 11.5 Å². The Morgan fingerprint density at radius 2 is 1.95 bits per heavy atom. The normalized spacial score (nSPS) is 21.4. The molecule has 0 bridgehead atoms. The van der Waals surface area contributed by atoms with Crippen LogP contribution in [0.15, 0.2) is 47.4 Å². The lowest BCUT2D eigenvalue weighted by Crippen LogP contribution is -2.55. The van der Waals surface area contributed by atoms with Crippen molar-refractivity contribution in [2.24, 2.45) is 5.92 Å². The number of benzene rings is 1. The third kappa shape index (κ3) is 5.46. The summed E-state index contributed by atoms with van der Waals surface area (Å²) in [7, 11) is 1.67. The predicted octanol–water partition coefficient (Wildman–Crippen LogP) is 3.55. The molecule has 37 heavy (non-hydrogen) atoms. The lowest BCUT2D eigenvalue weighted by molar-refractivity contribution is -0.128. The summed E-state index contributed by atoms with van der Waals surface area (Å²) in [6.45, 7) is 1.98. The summed E-state index contributed by atoms with van der Waals surface area (Å²) < 4.78 is 26.8. The van der Waals surface area contributed by atoms with Crippen molar-refractivity contribution >= 4 is 16.8 Å². The smallest absolute Gasteiger partial charge is 0.251 e. The third-order valence-electron chi connectivity index (χ3n) is 7.67. The minimum atomic E-state index is -0.697. The van der Waals surface area contributed by atoms with E-state index < -0.39 is 5.54 Å². The molecule has 2 aliphatic rings. The second kappa shape index (κ2) is 10.9. The number of carbonyl (C=O) groups is 1. The number of ether oxygens (including phenoxy) is 2. The number of halogens is 1. The lowest BCUT2D eigenvalue weighted by atomic mass is 9.88. The fourth-order valence-electron chi connectivity index (χ4n) is 5.57. The van der Waals surface area contributed by atoms with Crippen LogP contribution >= 0.6 is 0 Å². The number of pyridine rings is 2. The van der Waals surface area contributed by atoms with Crippen molar-refractivity contribution in [1.82, 2.24) is 20.2 Å². The Kier molecular flexibility index (Phi) is 7.41. The number of rotatable bonds is 7. The van der Waals surface area contributed by atoms with Crippen LogP contribution in [-0.4, -0.2) is 41.3 Å². The number of hydrogen-bond donors (Lipinski definition) is 2. The molecule has 0 saturated heterocycles. The number of likely N-dealkylation sites (N-methyl/N-ethyl adjacent to an activating group) is 1. The highest BCUT2D eigenvalue weighted by atomic mass is 19.1. The van der Waals surface area contributed by atoms with Gasteiger partial charge in [-0.15, -0.1) is 0 Å². The Bertz CT molecular complexity index is 1340. The molecule has 1 aliphatic carbocycles. The first-order valence-electron chi connectivity index (χ1n) is 13.0. The Hall–Kier alpha value is -3.46. The number of amides is 1. The van der Waals surface area contributed by atoms with E-state index >= 15 is 0 Å². The standard InChI is InChI=1S/C28H33FN4O4/c1-30-27(35)28(32-17-22-16-24-25(18-31-22)37-14-13-36-24)10-2-3-19(8-11-28)9-12-33-23-15-21(29)6-4-20(23)5-7-26(33)34/h4-7,15-16,18-19,32H,2-3,8-14,17H2,1H3,(H,30,35). The van der Waals surface area contributed by atoms with Gasteiger partial charge >= 0.3 is 0 Å². The Labute approximate surface area is 215 Å². The summed E-state index contributed by atoms with van der Waals surface area (Å²) in [6, 6.07) is 9.68. The van der Waals surface area contributed by atoms with Gasteiger partial charge in [-0.05, 0) is 61.3 Å². The molecule has 2 N–H and O–H groups in total. The number of hydrogen-bond acceptors (Lipinski definition) is 6. The molecule has 3 heterocycles. The molecule has 2 atom stereocenters. The van der Waals surface area contributed by atoms with E-state index in [1.54, 1.807) is 36.0 Å². The van der Waals surface area contributed by atoms with Gasteiger partial charge in [-0.1, -0.05) is 12.8 Å². The van der Waals surface area contributed by atoms with Gasteiger partial charge in [-0.2, -0.15) is 0 Å². The highest BCUT2D eigenvalue weighted by Gasteiger charge is 2.39. The summed E-state index contributed by atoms with van der Waals surface area (Å²) in [5.41, 5.74) is 0.586. The maximum absolute atomic E-state index is 13.9. The molecule has 2 unspecified atom stereocenters. The first-order valence-corrected chi connectivity index (χ1v) is 13.0. The highest BCUT2D eigenvalue weighted by Crippen LogP contribution is 2.34. The van der Waals surface area contributed by atoms with Crippen molar-refractivity contribution in [3.8, 4) is 11.5 Å². The Morgan fingerprint density at radius 3 is 2.78 bits per heavy atom. The SMILES string of the molecule is CNC(=O)C1(NCc2cc3c(cn2)OCCO3)CCCC(CCn2c(=O)ccc3ccc(F)cc32)CC1. The lowest BCUT2D eigenvalue weighted by Gasteiger charge is -2.32. The van der Waals surface area contributed by atoms with Crippen LogP contribution in [0.25, 0.3) is 10.9 Å². The predicted molar refractivity (Wildman–Crippen MR) is 138 cm³/mol. The van der Waals surface area contributed by atoms with E-state index in [4.69, 9.17) is 9.47 Å². The molecular weight excluding hydrogens is 475 g/mol. The minimum absolute atomic E-state index is 0.0218. The van der Waals surface area contributed by atoms with Crippen molar-refractivity contribution in [2.45, 2.75) is 57.2 Å². The number of nitrogens with zero attached hydrogens (tertiary/aromatic N) is 2. The van der Waals surface area contributed by atoms with E-state index in [0.717, 1.165) is 36.8 Å². The van der Waals surface area contributed by atoms with Crippen LogP contribution in [0.1, 0.15) is 44.2 Å². The number of aromatic nitrogens is 2. The topological polar surface area (TPSA) is 94.5 Å². The van der Waals surface area contributed by atoms with Gasteiger partial charge < -0.3 is 19.4 Å². The number of nitrogens with one attached hydrogen (secondary N) is 2. The molecule has 0 spiro atoms. The average molecular weight is 509 g/mol. The van der Waals surface area contributed by atoms with Gasteiger partial charge in [-0.3, -0.25) is 19.9 Å². The highest BCUT2D eigenvalue weighted by molar-refractivity contribution is 5.86. The first-order chi connectivity index (χ1) is 18.0. The molecular formula is C28H33FN4O4. The second-order valence-electron chi connectivity index (χ2n) is 9.95. The minimum Gasteiger partial charge on any atom is -0.486 e. The van der Waals surface area contributed by atoms with Crippen LogP contribution in [-0.2, 0) is 17.9 Å². The molecule has 3 aromatic rings. The number of aryl methyl sites for hydroxylation is 1. The molecule has 9 heteroatoms. The van der Waals surface area contributed by atoms with Crippen molar-refractivity contribution in [3.05, 3.63) is 64.5 Å². The molecule has 5 rings (SSSR count). The molecule has 196 valence electrons. The summed E-state index contributed by atoms with van der Waals surface area (Å²) in [6.07, 6.45) is 6.57. The van der Waals surface area contributed by atoms with Gasteiger partial charge in [0.15, 0.2) is 11.5 Å². The van der Waals surface area contributed by atoms with Gasteiger partial charge in [0.1, 0.15) is 19.0 Å². The summed E-state index contributed by atoms with van der Waals surface area (Å²) in [5, 5.41) is 7.21. The first kappa shape index (κ1) is 25.2. The molecule has 8 nitrogen and oxygen atoms in total. The van der Waals surface area contributed by atoms with E-state index in [1.165, 1.54) is 12.1 Å². The van der Waals surface area contributed by atoms with Crippen LogP contribution in [0.4, 0.5) is 4.39 Å². The van der Waals surface area contributed by atoms with Crippen molar-refractivity contribution in [3.63, 3.8) is 0 Å². The van der Waals surface area contributed by atoms with E-state index in [0.29, 0.717) is 62.1 Å². The van der Waals surface area contributed by atoms with Crippen LogP contribution in [0.3, 0.4) is 0 Å². The van der Waals surface area contributed by atoms with Crippen molar-refractivity contribution < 1.29 is 18.7 Å². The zero-order valence-electron chi connectivity index (χ0n) is 21.1. The fraction of sp³-hybridized carbons (Fsp3) is 0.464. The van der Waals surface area contributed by atoms with Crippen LogP contribution < -0.4 is 25.7 Å². The molecule has 1 aliphatic heterocycles. The van der Waals surface area contributed by atoms with Crippen molar-refractivity contribution in [2.75, 3.05) is 20.3 Å².